The van der Waals surface area contributed by atoms with Gasteiger partial charge in [0.2, 0.25) is 0 Å². The number of nitrogen functional groups attached to an aromatic ring is 1. The smallest absolute Gasteiger partial charge is 0.262 e. The Bertz CT molecular complexity index is 1230. The number of carbonyl (C=O) groups excluding carboxylic acids is 1. The molecule has 4 rings (SSSR count). The summed E-state index contributed by atoms with van der Waals surface area (Å²) >= 11 is 1.21. The zero-order chi connectivity index (χ0) is 21.3. The lowest BCUT2D eigenvalue weighted by Gasteiger charge is -2.08. The van der Waals surface area contributed by atoms with Crippen molar-refractivity contribution in [1.82, 2.24) is 14.5 Å². The molecule has 154 valence electrons. The average molecular weight is 425 g/mol. The third-order valence-electron chi connectivity index (χ3n) is 4.51. The highest BCUT2D eigenvalue weighted by atomic mass is 32.1. The molecule has 4 aromatic rings. The van der Waals surface area contributed by atoms with E-state index in [0.717, 1.165) is 5.52 Å². The number of primary amides is 1. The molecule has 0 atom stereocenters. The van der Waals surface area contributed by atoms with Gasteiger partial charge < -0.3 is 25.7 Å². The molecule has 0 unspecified atom stereocenters. The van der Waals surface area contributed by atoms with Gasteiger partial charge in [0, 0.05) is 30.0 Å². The van der Waals surface area contributed by atoms with Crippen LogP contribution in [0.4, 0.5) is 5.82 Å². The molecule has 9 nitrogen and oxygen atoms in total. The van der Waals surface area contributed by atoms with Crippen LogP contribution in [0.3, 0.4) is 0 Å². The number of thiophene rings is 1. The average Bonchev–Trinajstić information content (AvgIpc) is 3.35. The molecule has 4 N–H and O–H groups in total. The number of imidazole rings is 1. The van der Waals surface area contributed by atoms with E-state index >= 15 is 0 Å². The number of rotatable bonds is 7. The molecular formula is C20H19N5O4S. The second kappa shape index (κ2) is 7.91. The molecule has 1 amide bonds. The third-order valence-corrected chi connectivity index (χ3v) is 5.64. The quantitative estimate of drug-likeness (QED) is 0.466. The van der Waals surface area contributed by atoms with Crippen LogP contribution in [0.1, 0.15) is 15.2 Å². The van der Waals surface area contributed by atoms with Crippen LogP contribution in [0.2, 0.25) is 0 Å². The number of benzene rings is 1. The van der Waals surface area contributed by atoms with Gasteiger partial charge in [-0.25, -0.2) is 9.97 Å². The van der Waals surface area contributed by atoms with Crippen molar-refractivity contribution in [2.75, 3.05) is 20.0 Å². The van der Waals surface area contributed by atoms with Crippen molar-refractivity contribution in [3.8, 4) is 22.2 Å². The lowest BCUT2D eigenvalue weighted by Crippen LogP contribution is -2.11. The number of aromatic nitrogens is 3. The van der Waals surface area contributed by atoms with E-state index in [2.05, 4.69) is 9.97 Å². The normalized spacial score (nSPS) is 10.9. The Morgan fingerprint density at radius 1 is 1.13 bits per heavy atom. The van der Waals surface area contributed by atoms with Crippen molar-refractivity contribution in [2.24, 2.45) is 5.73 Å². The van der Waals surface area contributed by atoms with Crippen molar-refractivity contribution >= 4 is 34.1 Å². The van der Waals surface area contributed by atoms with Crippen molar-refractivity contribution in [2.45, 2.75) is 6.61 Å². The number of anilines is 1. The van der Waals surface area contributed by atoms with Crippen LogP contribution in [0, 0.1) is 0 Å². The molecule has 0 aliphatic carbocycles. The number of carbonyl (C=O) groups is 1. The molecule has 1 aromatic carbocycles. The van der Waals surface area contributed by atoms with E-state index in [1.807, 2.05) is 16.7 Å². The summed E-state index contributed by atoms with van der Waals surface area (Å²) in [7, 11) is 3.13. The molecule has 0 fully saturated rings. The first-order valence-corrected chi connectivity index (χ1v) is 9.68. The van der Waals surface area contributed by atoms with Gasteiger partial charge in [0.25, 0.3) is 5.91 Å². The monoisotopic (exact) mass is 425 g/mol. The minimum absolute atomic E-state index is 0.159. The first-order chi connectivity index (χ1) is 14.5. The summed E-state index contributed by atoms with van der Waals surface area (Å²) in [5.41, 5.74) is 13.6. The number of nitrogens with zero attached hydrogens (tertiary/aromatic N) is 3. The zero-order valence-electron chi connectivity index (χ0n) is 16.3. The summed E-state index contributed by atoms with van der Waals surface area (Å²) in [6.07, 6.45) is 3.26. The molecule has 10 heteroatoms. The predicted molar refractivity (Wildman–Crippen MR) is 114 cm³/mol. The fourth-order valence-electron chi connectivity index (χ4n) is 3.00. The summed E-state index contributed by atoms with van der Waals surface area (Å²) in [4.78, 5) is 20.7. The van der Waals surface area contributed by atoms with Gasteiger partial charge in [-0.15, -0.1) is 11.3 Å². The van der Waals surface area contributed by atoms with Crippen LogP contribution in [0.15, 0.2) is 42.9 Å². The van der Waals surface area contributed by atoms with Gasteiger partial charge in [0.05, 0.1) is 25.3 Å². The summed E-state index contributed by atoms with van der Waals surface area (Å²) in [5, 5.41) is 0.715. The fraction of sp³-hybridized carbons (Fsp3) is 0.150. The summed E-state index contributed by atoms with van der Waals surface area (Å²) in [6.45, 7) is 0.159. The molecule has 0 aliphatic heterocycles. The first-order valence-electron chi connectivity index (χ1n) is 8.87. The van der Waals surface area contributed by atoms with E-state index < -0.39 is 5.91 Å². The molecule has 0 radical (unpaired) electrons. The van der Waals surface area contributed by atoms with Crippen molar-refractivity contribution in [3.05, 3.63) is 53.3 Å². The summed E-state index contributed by atoms with van der Waals surface area (Å²) in [6, 6.07) is 8.93. The standard InChI is InChI=1S/C20H19N5O4S/c1-27-14-6-12-13(7-15(14)28-2)25(10-24-12)17-8-16(18(30-17)20(22)26)29-9-11-4-3-5-23-19(11)21/h3-8,10H,9H2,1-2H3,(H2,21,23)(H2,22,26). The minimum atomic E-state index is -0.580. The molecule has 0 saturated carbocycles. The number of methoxy groups -OCH3 is 2. The molecule has 0 bridgehead atoms. The maximum Gasteiger partial charge on any atom is 0.262 e. The van der Waals surface area contributed by atoms with Gasteiger partial charge in [-0.05, 0) is 6.07 Å². The van der Waals surface area contributed by atoms with E-state index in [-0.39, 0.29) is 6.61 Å². The number of hydrogen-bond donors (Lipinski definition) is 2. The molecular weight excluding hydrogens is 406 g/mol. The van der Waals surface area contributed by atoms with Gasteiger partial charge >= 0.3 is 0 Å². The fourth-order valence-corrected chi connectivity index (χ4v) is 3.94. The van der Waals surface area contributed by atoms with Crippen molar-refractivity contribution < 1.29 is 19.0 Å². The third kappa shape index (κ3) is 3.48. The predicted octanol–water partition coefficient (Wildman–Crippen LogP) is 2.76. The Balaban J connectivity index is 1.72. The van der Waals surface area contributed by atoms with Gasteiger partial charge in [0.15, 0.2) is 11.5 Å². The van der Waals surface area contributed by atoms with E-state index in [9.17, 15) is 4.79 Å². The Hall–Kier alpha value is -3.79. The largest absolute Gasteiger partial charge is 0.493 e. The van der Waals surface area contributed by atoms with Crippen LogP contribution in [0.25, 0.3) is 16.0 Å². The molecule has 0 saturated heterocycles. The minimum Gasteiger partial charge on any atom is -0.493 e. The summed E-state index contributed by atoms with van der Waals surface area (Å²) in [5.74, 6) is 1.31. The Labute approximate surface area is 175 Å². The van der Waals surface area contributed by atoms with Crippen LogP contribution in [-0.2, 0) is 6.61 Å². The second-order valence-corrected chi connectivity index (χ2v) is 7.32. The molecule has 0 aliphatic rings. The number of amides is 1. The van der Waals surface area contributed by atoms with Crippen molar-refractivity contribution in [1.29, 1.82) is 0 Å². The van der Waals surface area contributed by atoms with Crippen LogP contribution < -0.4 is 25.7 Å². The lowest BCUT2D eigenvalue weighted by atomic mass is 10.2. The van der Waals surface area contributed by atoms with Gasteiger partial charge in [-0.1, -0.05) is 6.07 Å². The number of fused-ring (bicyclic) bond motifs is 1. The lowest BCUT2D eigenvalue weighted by molar-refractivity contribution is 0.1000. The molecule has 30 heavy (non-hydrogen) atoms. The Morgan fingerprint density at radius 3 is 2.60 bits per heavy atom. The maximum atomic E-state index is 12.0. The van der Waals surface area contributed by atoms with E-state index in [0.29, 0.717) is 44.0 Å². The molecule has 3 heterocycles. The van der Waals surface area contributed by atoms with Gasteiger partial charge in [-0.2, -0.15) is 0 Å². The maximum absolute atomic E-state index is 12.0. The highest BCUT2D eigenvalue weighted by Crippen LogP contribution is 2.37. The number of hydrogen-bond acceptors (Lipinski definition) is 8. The Morgan fingerprint density at radius 2 is 1.90 bits per heavy atom. The van der Waals surface area contributed by atoms with Crippen LogP contribution in [-0.4, -0.2) is 34.7 Å². The first kappa shape index (κ1) is 19.5. The Kier molecular flexibility index (Phi) is 5.15. The van der Waals surface area contributed by atoms with Crippen LogP contribution >= 0.6 is 11.3 Å². The van der Waals surface area contributed by atoms with Gasteiger partial charge in [-0.3, -0.25) is 9.36 Å². The number of nitrogens with two attached hydrogens (primary N) is 2. The molecule has 0 spiro atoms. The molecule has 3 aromatic heterocycles. The van der Waals surface area contributed by atoms with Gasteiger partial charge in [0.1, 0.15) is 34.4 Å². The van der Waals surface area contributed by atoms with E-state index in [1.54, 1.807) is 44.9 Å². The zero-order valence-corrected chi connectivity index (χ0v) is 17.1. The summed E-state index contributed by atoms with van der Waals surface area (Å²) < 4.78 is 18.4. The van der Waals surface area contributed by atoms with Crippen LogP contribution in [0.5, 0.6) is 17.2 Å². The van der Waals surface area contributed by atoms with E-state index in [4.69, 9.17) is 25.7 Å². The highest BCUT2D eigenvalue weighted by Gasteiger charge is 2.19. The number of pyridine rings is 1. The van der Waals surface area contributed by atoms with Crippen molar-refractivity contribution in [3.63, 3.8) is 0 Å². The highest BCUT2D eigenvalue weighted by molar-refractivity contribution is 7.16. The topological polar surface area (TPSA) is 128 Å². The van der Waals surface area contributed by atoms with E-state index in [1.165, 1.54) is 11.3 Å². The number of ether oxygens (including phenoxy) is 3. The second-order valence-electron chi connectivity index (χ2n) is 6.29. The SMILES string of the molecule is COc1cc2ncn(-c3cc(OCc4cccnc4N)c(C(N)=O)s3)c2cc1OC.